The van der Waals surface area contributed by atoms with Crippen molar-refractivity contribution in [1.82, 2.24) is 0 Å². The first kappa shape index (κ1) is 15.8. The van der Waals surface area contributed by atoms with Crippen LogP contribution < -0.4 is 10.1 Å². The van der Waals surface area contributed by atoms with Crippen LogP contribution in [-0.4, -0.2) is 11.9 Å². The average molecular weight is 396 g/mol. The molecule has 0 saturated carbocycles. The average Bonchev–Trinajstić information content (AvgIpc) is 2.87. The molecule has 4 rings (SSSR count). The molecule has 3 aromatic rings. The summed E-state index contributed by atoms with van der Waals surface area (Å²) in [5.74, 6) is -0.346. The summed E-state index contributed by atoms with van der Waals surface area (Å²) < 4.78 is 6.06. The highest BCUT2D eigenvalue weighted by atomic mass is 79.9. The van der Waals surface area contributed by atoms with E-state index in [9.17, 15) is 9.59 Å². The summed E-state index contributed by atoms with van der Waals surface area (Å²) in [6.45, 7) is 2.76. The Bertz CT molecular complexity index is 1070. The van der Waals surface area contributed by atoms with E-state index >= 15 is 0 Å². The van der Waals surface area contributed by atoms with Crippen LogP contribution in [0.25, 0.3) is 33.0 Å². The molecule has 1 aliphatic carbocycles. The summed E-state index contributed by atoms with van der Waals surface area (Å²) >= 11 is 3.60. The van der Waals surface area contributed by atoms with Gasteiger partial charge in [0.25, 0.3) is 0 Å². The van der Waals surface area contributed by atoms with Crippen LogP contribution in [-0.2, 0) is 9.59 Å². The van der Waals surface area contributed by atoms with E-state index in [1.165, 1.54) is 13.8 Å². The van der Waals surface area contributed by atoms with Crippen molar-refractivity contribution in [3.05, 3.63) is 46.9 Å². The number of hydrogen-bond acceptors (Lipinski definition) is 3. The lowest BCUT2D eigenvalue weighted by Crippen LogP contribution is -2.11. The number of halogens is 1. The first-order valence-electron chi connectivity index (χ1n) is 7.82. The topological polar surface area (TPSA) is 55.4 Å². The Labute approximate surface area is 152 Å². The predicted octanol–water partition coefficient (Wildman–Crippen LogP) is 5.13. The minimum Gasteiger partial charge on any atom is -0.423 e. The molecule has 1 aliphatic rings. The zero-order chi connectivity index (χ0) is 17.7. The number of esters is 1. The highest BCUT2D eigenvalue weighted by Gasteiger charge is 2.28. The van der Waals surface area contributed by atoms with Gasteiger partial charge in [0.1, 0.15) is 0 Å². The van der Waals surface area contributed by atoms with Crippen LogP contribution >= 0.6 is 15.9 Å². The number of carbonyl (C=O) groups is 2. The van der Waals surface area contributed by atoms with E-state index < -0.39 is 5.97 Å². The van der Waals surface area contributed by atoms with E-state index in [2.05, 4.69) is 45.5 Å². The quantitative estimate of drug-likeness (QED) is 0.377. The highest BCUT2D eigenvalue weighted by Crippen LogP contribution is 2.54. The fourth-order valence-corrected chi connectivity index (χ4v) is 4.13. The number of rotatable bonds is 2. The highest BCUT2D eigenvalue weighted by molar-refractivity contribution is 9.10. The minimum atomic E-state index is -0.444. The van der Waals surface area contributed by atoms with Crippen molar-refractivity contribution in [3.8, 4) is 28.0 Å². The molecule has 1 N–H and O–H groups in total. The molecule has 0 bridgehead atoms. The van der Waals surface area contributed by atoms with Crippen molar-refractivity contribution in [2.75, 3.05) is 5.32 Å². The first-order valence-corrected chi connectivity index (χ1v) is 8.61. The Kier molecular flexibility index (Phi) is 3.62. The van der Waals surface area contributed by atoms with Gasteiger partial charge < -0.3 is 10.1 Å². The van der Waals surface area contributed by atoms with E-state index in [-0.39, 0.29) is 5.91 Å². The number of hydrogen-bond donors (Lipinski definition) is 1. The van der Waals surface area contributed by atoms with Crippen molar-refractivity contribution < 1.29 is 14.3 Å². The third kappa shape index (κ3) is 2.43. The Balaban J connectivity index is 2.07. The number of carbonyl (C=O) groups excluding carboxylic acids is 2. The molecule has 0 aromatic heterocycles. The second-order valence-electron chi connectivity index (χ2n) is 5.97. The smallest absolute Gasteiger partial charge is 0.308 e. The molecule has 0 radical (unpaired) electrons. The van der Waals surface area contributed by atoms with Gasteiger partial charge in [-0.15, -0.1) is 0 Å². The maximum absolute atomic E-state index is 11.6. The molecular weight excluding hydrogens is 382 g/mol. The number of benzene rings is 3. The van der Waals surface area contributed by atoms with Gasteiger partial charge in [0.2, 0.25) is 5.91 Å². The molecule has 5 heteroatoms. The molecular formula is C20H14BrNO3. The molecule has 0 heterocycles. The normalized spacial score (nSPS) is 11.3. The van der Waals surface area contributed by atoms with Crippen LogP contribution in [0.3, 0.4) is 0 Å². The Morgan fingerprint density at radius 2 is 1.68 bits per heavy atom. The van der Waals surface area contributed by atoms with Gasteiger partial charge in [0.05, 0.1) is 10.2 Å². The number of amides is 1. The molecule has 0 aliphatic heterocycles. The third-order valence-corrected chi connectivity index (χ3v) is 5.00. The molecule has 3 aromatic carbocycles. The fraction of sp³-hybridized carbons (Fsp3) is 0.100. The van der Waals surface area contributed by atoms with Gasteiger partial charge in [-0.05, 0) is 49.5 Å². The van der Waals surface area contributed by atoms with Crippen LogP contribution in [0.5, 0.6) is 5.75 Å². The van der Waals surface area contributed by atoms with Crippen molar-refractivity contribution in [1.29, 1.82) is 0 Å². The Hall–Kier alpha value is -2.66. The lowest BCUT2D eigenvalue weighted by atomic mass is 10.0. The molecule has 1 amide bonds. The van der Waals surface area contributed by atoms with Crippen LogP contribution in [0.1, 0.15) is 13.8 Å². The van der Waals surface area contributed by atoms with Gasteiger partial charge in [0, 0.05) is 19.4 Å². The zero-order valence-corrected chi connectivity index (χ0v) is 15.2. The number of ether oxygens (including phenoxy) is 1. The first-order chi connectivity index (χ1) is 12.0. The largest absolute Gasteiger partial charge is 0.423 e. The van der Waals surface area contributed by atoms with Crippen molar-refractivity contribution in [2.24, 2.45) is 0 Å². The summed E-state index contributed by atoms with van der Waals surface area (Å²) in [4.78, 5) is 23.2. The van der Waals surface area contributed by atoms with Crippen molar-refractivity contribution in [3.63, 3.8) is 0 Å². The molecule has 4 nitrogen and oxygen atoms in total. The standard InChI is InChI=1S/C20H14BrNO3/c1-10(23)22-16-9-15-13-7-3-5-12-6-4-8-14(17(12)13)18(15)19(21)20(16)25-11(2)24/h3-9H,1-2H3,(H,22,23). The van der Waals surface area contributed by atoms with Crippen LogP contribution in [0.4, 0.5) is 5.69 Å². The second kappa shape index (κ2) is 5.70. The van der Waals surface area contributed by atoms with Crippen molar-refractivity contribution in [2.45, 2.75) is 13.8 Å². The van der Waals surface area contributed by atoms with Gasteiger partial charge in [0.15, 0.2) is 5.75 Å². The fourth-order valence-electron chi connectivity index (χ4n) is 3.41. The molecule has 25 heavy (non-hydrogen) atoms. The Morgan fingerprint density at radius 3 is 2.32 bits per heavy atom. The molecule has 0 unspecified atom stereocenters. The predicted molar refractivity (Wildman–Crippen MR) is 102 cm³/mol. The molecule has 0 spiro atoms. The van der Waals surface area contributed by atoms with E-state index in [4.69, 9.17) is 4.74 Å². The molecule has 0 saturated heterocycles. The van der Waals surface area contributed by atoms with Crippen LogP contribution in [0.2, 0.25) is 0 Å². The van der Waals surface area contributed by atoms with E-state index in [0.717, 1.165) is 33.0 Å². The molecule has 0 atom stereocenters. The Morgan fingerprint density at radius 1 is 1.00 bits per heavy atom. The summed E-state index contributed by atoms with van der Waals surface area (Å²) in [5, 5.41) is 5.07. The van der Waals surface area contributed by atoms with Gasteiger partial charge in [-0.25, -0.2) is 0 Å². The summed E-state index contributed by atoms with van der Waals surface area (Å²) in [5.41, 5.74) is 4.62. The maximum Gasteiger partial charge on any atom is 0.308 e. The molecule has 124 valence electrons. The van der Waals surface area contributed by atoms with Crippen molar-refractivity contribution >= 4 is 44.3 Å². The van der Waals surface area contributed by atoms with E-state index in [1.807, 2.05) is 18.2 Å². The van der Waals surface area contributed by atoms with E-state index in [0.29, 0.717) is 15.9 Å². The third-order valence-electron chi connectivity index (χ3n) is 4.24. The number of anilines is 1. The second-order valence-corrected chi connectivity index (χ2v) is 6.77. The van der Waals surface area contributed by atoms with Crippen LogP contribution in [0, 0.1) is 0 Å². The van der Waals surface area contributed by atoms with Gasteiger partial charge in [-0.1, -0.05) is 36.4 Å². The molecule has 0 fully saturated rings. The summed E-state index contributed by atoms with van der Waals surface area (Å²) in [7, 11) is 0. The van der Waals surface area contributed by atoms with Crippen LogP contribution in [0.15, 0.2) is 46.9 Å². The zero-order valence-electron chi connectivity index (χ0n) is 13.6. The lowest BCUT2D eigenvalue weighted by Gasteiger charge is -2.16. The van der Waals surface area contributed by atoms with Gasteiger partial charge >= 0.3 is 5.97 Å². The SMILES string of the molecule is CC(=O)Nc1cc2c(c(Br)c1OC(C)=O)-c1cccc3cccc-2c13. The number of fused-ring (bicyclic) bond motifs is 3. The summed E-state index contributed by atoms with van der Waals surface area (Å²) in [6, 6.07) is 14.2. The summed E-state index contributed by atoms with van der Waals surface area (Å²) in [6.07, 6.45) is 0. The van der Waals surface area contributed by atoms with E-state index in [1.54, 1.807) is 0 Å². The minimum absolute atomic E-state index is 0.228. The van der Waals surface area contributed by atoms with Gasteiger partial charge in [-0.3, -0.25) is 9.59 Å². The lowest BCUT2D eigenvalue weighted by molar-refractivity contribution is -0.132. The van der Waals surface area contributed by atoms with Gasteiger partial charge in [-0.2, -0.15) is 0 Å². The number of nitrogens with one attached hydrogen (secondary N) is 1. The monoisotopic (exact) mass is 395 g/mol. The maximum atomic E-state index is 11.6.